The molecule has 0 aliphatic heterocycles. The van der Waals surface area contributed by atoms with Gasteiger partial charge in [0.2, 0.25) is 0 Å². The molecular weight excluding hydrogens is 218 g/mol. The minimum absolute atomic E-state index is 0.366. The summed E-state index contributed by atoms with van der Waals surface area (Å²) in [6.07, 6.45) is 5.61. The van der Waals surface area contributed by atoms with Crippen molar-refractivity contribution in [1.29, 1.82) is 0 Å². The van der Waals surface area contributed by atoms with Crippen molar-refractivity contribution in [2.75, 3.05) is 6.54 Å². The van der Waals surface area contributed by atoms with Crippen LogP contribution in [0.3, 0.4) is 0 Å². The van der Waals surface area contributed by atoms with E-state index in [0.717, 1.165) is 32.0 Å². The number of rotatable bonds is 3. The molecule has 0 aromatic carbocycles. The van der Waals surface area contributed by atoms with Crippen LogP contribution in [0.1, 0.15) is 52.9 Å². The van der Waals surface area contributed by atoms with Gasteiger partial charge in [-0.05, 0) is 33.6 Å². The van der Waals surface area contributed by atoms with Gasteiger partial charge >= 0.3 is 6.09 Å². The number of alkyl carbamates (subject to hydrolysis) is 1. The van der Waals surface area contributed by atoms with Gasteiger partial charge in [0.15, 0.2) is 0 Å². The predicted octanol–water partition coefficient (Wildman–Crippen LogP) is 2.66. The third-order valence-electron chi connectivity index (χ3n) is 3.08. The van der Waals surface area contributed by atoms with E-state index in [1.165, 1.54) is 6.42 Å². The molecule has 98 valence electrons. The summed E-state index contributed by atoms with van der Waals surface area (Å²) < 4.78 is 5.15. The van der Waals surface area contributed by atoms with Crippen molar-refractivity contribution in [3.63, 3.8) is 0 Å². The molecule has 0 aromatic heterocycles. The fraction of sp³-hybridized carbons (Fsp3) is 0.846. The van der Waals surface area contributed by atoms with Crippen molar-refractivity contribution in [3.8, 4) is 0 Å². The number of nitrogens with one attached hydrogen (secondary N) is 1. The summed E-state index contributed by atoms with van der Waals surface area (Å²) in [5.74, 6) is 0. The van der Waals surface area contributed by atoms with Crippen LogP contribution in [-0.4, -0.2) is 24.5 Å². The van der Waals surface area contributed by atoms with Crippen LogP contribution in [0.4, 0.5) is 4.79 Å². The molecule has 1 N–H and O–H groups in total. The quantitative estimate of drug-likeness (QED) is 0.773. The first-order valence-electron chi connectivity index (χ1n) is 6.30. The number of aldehydes is 1. The molecule has 0 unspecified atom stereocenters. The van der Waals surface area contributed by atoms with Crippen LogP contribution in [0.15, 0.2) is 0 Å². The van der Waals surface area contributed by atoms with Crippen LogP contribution in [0, 0.1) is 5.41 Å². The lowest BCUT2D eigenvalue weighted by atomic mass is 9.75. The van der Waals surface area contributed by atoms with Crippen molar-refractivity contribution in [2.24, 2.45) is 5.41 Å². The third kappa shape index (κ3) is 4.75. The molecule has 1 aliphatic rings. The second-order valence-electron chi connectivity index (χ2n) is 5.90. The highest BCUT2D eigenvalue weighted by Gasteiger charge is 2.32. The fourth-order valence-electron chi connectivity index (χ4n) is 2.15. The first-order chi connectivity index (χ1) is 7.87. The van der Waals surface area contributed by atoms with Gasteiger partial charge in [-0.2, -0.15) is 0 Å². The molecule has 0 atom stereocenters. The molecule has 1 rings (SSSR count). The molecular formula is C13H23NO3. The normalized spacial score (nSPS) is 19.5. The van der Waals surface area contributed by atoms with Gasteiger partial charge in [-0.3, -0.25) is 0 Å². The third-order valence-corrected chi connectivity index (χ3v) is 3.08. The molecule has 0 spiro atoms. The molecule has 4 nitrogen and oxygen atoms in total. The highest BCUT2D eigenvalue weighted by Crippen LogP contribution is 2.33. The van der Waals surface area contributed by atoms with Gasteiger partial charge in [0.25, 0.3) is 0 Å². The Bertz CT molecular complexity index is 275. The highest BCUT2D eigenvalue weighted by molar-refractivity contribution is 5.69. The summed E-state index contributed by atoms with van der Waals surface area (Å²) in [6.45, 7) is 5.86. The minimum Gasteiger partial charge on any atom is -0.444 e. The van der Waals surface area contributed by atoms with Gasteiger partial charge in [0.05, 0.1) is 0 Å². The van der Waals surface area contributed by atoms with E-state index >= 15 is 0 Å². The Labute approximate surface area is 103 Å². The molecule has 17 heavy (non-hydrogen) atoms. The van der Waals surface area contributed by atoms with Crippen molar-refractivity contribution in [3.05, 3.63) is 0 Å². The molecule has 0 saturated heterocycles. The maximum Gasteiger partial charge on any atom is 0.407 e. The molecule has 4 heteroatoms. The lowest BCUT2D eigenvalue weighted by Gasteiger charge is -2.32. The van der Waals surface area contributed by atoms with Crippen LogP contribution < -0.4 is 5.32 Å². The summed E-state index contributed by atoms with van der Waals surface area (Å²) in [7, 11) is 0. The van der Waals surface area contributed by atoms with Crippen LogP contribution in [-0.2, 0) is 9.53 Å². The second-order valence-corrected chi connectivity index (χ2v) is 5.90. The largest absolute Gasteiger partial charge is 0.444 e. The van der Waals surface area contributed by atoms with Gasteiger partial charge in [-0.1, -0.05) is 19.3 Å². The Morgan fingerprint density at radius 1 is 1.29 bits per heavy atom. The fourth-order valence-corrected chi connectivity index (χ4v) is 2.15. The molecule has 0 aromatic rings. The van der Waals surface area contributed by atoms with E-state index in [1.807, 2.05) is 20.8 Å². The number of amides is 1. The van der Waals surface area contributed by atoms with Gasteiger partial charge in [0, 0.05) is 12.0 Å². The number of ether oxygens (including phenoxy) is 1. The zero-order valence-corrected chi connectivity index (χ0v) is 11.0. The van der Waals surface area contributed by atoms with E-state index in [4.69, 9.17) is 4.74 Å². The lowest BCUT2D eigenvalue weighted by molar-refractivity contribution is -0.117. The van der Waals surface area contributed by atoms with Crippen LogP contribution in [0.25, 0.3) is 0 Å². The minimum atomic E-state index is -0.495. The monoisotopic (exact) mass is 241 g/mol. The summed E-state index contributed by atoms with van der Waals surface area (Å²) in [4.78, 5) is 22.7. The Balaban J connectivity index is 2.42. The SMILES string of the molecule is CC(C)(C)OC(=O)NCC1(C=O)CCCCC1. The van der Waals surface area contributed by atoms with Gasteiger partial charge in [-0.25, -0.2) is 4.79 Å². The van der Waals surface area contributed by atoms with Crippen LogP contribution in [0.2, 0.25) is 0 Å². The lowest BCUT2D eigenvalue weighted by Crippen LogP contribution is -2.42. The first kappa shape index (κ1) is 14.0. The maximum atomic E-state index is 11.5. The van der Waals surface area contributed by atoms with Crippen molar-refractivity contribution >= 4 is 12.4 Å². The Hall–Kier alpha value is -1.06. The number of carbonyl (C=O) groups is 2. The van der Waals surface area contributed by atoms with Crippen molar-refractivity contribution in [2.45, 2.75) is 58.5 Å². The van der Waals surface area contributed by atoms with E-state index in [2.05, 4.69) is 5.32 Å². The second kappa shape index (κ2) is 5.52. The highest BCUT2D eigenvalue weighted by atomic mass is 16.6. The number of hydrogen-bond acceptors (Lipinski definition) is 3. The smallest absolute Gasteiger partial charge is 0.407 e. The maximum absolute atomic E-state index is 11.5. The van der Waals surface area contributed by atoms with Gasteiger partial charge in [0.1, 0.15) is 11.9 Å². The molecule has 0 heterocycles. The topological polar surface area (TPSA) is 55.4 Å². The number of hydrogen-bond donors (Lipinski definition) is 1. The summed E-state index contributed by atoms with van der Waals surface area (Å²) in [5.41, 5.74) is -0.861. The van der Waals surface area contributed by atoms with E-state index < -0.39 is 11.7 Å². The van der Waals surface area contributed by atoms with Gasteiger partial charge in [-0.15, -0.1) is 0 Å². The van der Waals surface area contributed by atoms with E-state index in [-0.39, 0.29) is 5.41 Å². The van der Waals surface area contributed by atoms with E-state index in [9.17, 15) is 9.59 Å². The Morgan fingerprint density at radius 3 is 2.35 bits per heavy atom. The molecule has 1 fully saturated rings. The van der Waals surface area contributed by atoms with Crippen LogP contribution in [0.5, 0.6) is 0 Å². The van der Waals surface area contributed by atoms with Crippen molar-refractivity contribution in [1.82, 2.24) is 5.32 Å². The zero-order chi connectivity index (χ0) is 12.9. The molecule has 0 bridgehead atoms. The molecule has 1 amide bonds. The van der Waals surface area contributed by atoms with Crippen LogP contribution >= 0.6 is 0 Å². The Kier molecular flexibility index (Phi) is 4.54. The zero-order valence-electron chi connectivity index (χ0n) is 11.0. The number of carbonyl (C=O) groups excluding carboxylic acids is 2. The standard InChI is InChI=1S/C13H23NO3/c1-12(2,3)17-11(16)14-9-13(10-15)7-5-4-6-8-13/h10H,4-9H2,1-3H3,(H,14,16). The Morgan fingerprint density at radius 2 is 1.88 bits per heavy atom. The van der Waals surface area contributed by atoms with E-state index in [1.54, 1.807) is 0 Å². The average Bonchev–Trinajstić information content (AvgIpc) is 2.25. The summed E-state index contributed by atoms with van der Waals surface area (Å²) >= 11 is 0. The molecule has 1 aliphatic carbocycles. The first-order valence-corrected chi connectivity index (χ1v) is 6.30. The average molecular weight is 241 g/mol. The summed E-state index contributed by atoms with van der Waals surface area (Å²) in [6, 6.07) is 0. The van der Waals surface area contributed by atoms with Crippen molar-refractivity contribution < 1.29 is 14.3 Å². The predicted molar refractivity (Wildman–Crippen MR) is 65.8 cm³/mol. The molecule has 1 saturated carbocycles. The summed E-state index contributed by atoms with van der Waals surface area (Å²) in [5, 5.41) is 2.71. The van der Waals surface area contributed by atoms with E-state index in [0.29, 0.717) is 6.54 Å². The molecule has 0 radical (unpaired) electrons. The van der Waals surface area contributed by atoms with Gasteiger partial charge < -0.3 is 14.8 Å².